The third kappa shape index (κ3) is 3.54. The van der Waals surface area contributed by atoms with Crippen LogP contribution in [0.25, 0.3) is 0 Å². The third-order valence-electron chi connectivity index (χ3n) is 3.92. The van der Waals surface area contributed by atoms with Crippen molar-refractivity contribution in [2.24, 2.45) is 0 Å². The Balaban J connectivity index is 1.54. The average molecular weight is 288 g/mol. The van der Waals surface area contributed by atoms with Gasteiger partial charge in [0.25, 0.3) is 0 Å². The van der Waals surface area contributed by atoms with Crippen LogP contribution in [-0.4, -0.2) is 35.5 Å². The fraction of sp³-hybridized carbons (Fsp3) is 0.500. The number of hydrogen-bond acceptors (Lipinski definition) is 3. The van der Waals surface area contributed by atoms with Gasteiger partial charge in [0.1, 0.15) is 12.6 Å². The smallest absolute Gasteiger partial charge is 0.410 e. The van der Waals surface area contributed by atoms with E-state index in [4.69, 9.17) is 4.74 Å². The summed E-state index contributed by atoms with van der Waals surface area (Å²) in [6.07, 6.45) is 3.28. The molecule has 1 aliphatic carbocycles. The van der Waals surface area contributed by atoms with Gasteiger partial charge >= 0.3 is 6.09 Å². The largest absolute Gasteiger partial charge is 0.445 e. The lowest BCUT2D eigenvalue weighted by atomic mass is 10.2. The minimum Gasteiger partial charge on any atom is -0.445 e. The second kappa shape index (κ2) is 6.16. The zero-order valence-corrected chi connectivity index (χ0v) is 12.0. The monoisotopic (exact) mass is 288 g/mol. The molecule has 1 atom stereocenters. The van der Waals surface area contributed by atoms with Crippen LogP contribution < -0.4 is 5.32 Å². The quantitative estimate of drug-likeness (QED) is 0.922. The van der Waals surface area contributed by atoms with E-state index >= 15 is 0 Å². The maximum atomic E-state index is 12.2. The molecule has 1 aromatic carbocycles. The molecule has 0 radical (unpaired) electrons. The molecule has 0 bridgehead atoms. The number of amides is 2. The first-order valence-electron chi connectivity index (χ1n) is 7.52. The van der Waals surface area contributed by atoms with Gasteiger partial charge in [0.2, 0.25) is 5.91 Å². The van der Waals surface area contributed by atoms with Gasteiger partial charge in [-0.15, -0.1) is 0 Å². The lowest BCUT2D eigenvalue weighted by molar-refractivity contribution is -0.125. The van der Waals surface area contributed by atoms with Crippen LogP contribution in [0.15, 0.2) is 30.3 Å². The van der Waals surface area contributed by atoms with Crippen LogP contribution in [0, 0.1) is 0 Å². The van der Waals surface area contributed by atoms with Crippen molar-refractivity contribution in [2.75, 3.05) is 6.54 Å². The van der Waals surface area contributed by atoms with E-state index < -0.39 is 6.09 Å². The highest BCUT2D eigenvalue weighted by atomic mass is 16.6. The number of rotatable bonds is 4. The van der Waals surface area contributed by atoms with Gasteiger partial charge in [-0.05, 0) is 31.2 Å². The van der Waals surface area contributed by atoms with Crippen LogP contribution in [0.1, 0.15) is 31.2 Å². The lowest BCUT2D eigenvalue weighted by Crippen LogP contribution is -2.46. The van der Waals surface area contributed by atoms with E-state index in [9.17, 15) is 9.59 Å². The van der Waals surface area contributed by atoms with E-state index in [2.05, 4.69) is 5.32 Å². The summed E-state index contributed by atoms with van der Waals surface area (Å²) in [5.41, 5.74) is 0.948. The van der Waals surface area contributed by atoms with E-state index in [-0.39, 0.29) is 18.6 Å². The first kappa shape index (κ1) is 13.9. The SMILES string of the molecule is O=C(NC1CC1)C1CCCN1C(=O)OCc1ccccc1. The van der Waals surface area contributed by atoms with E-state index in [0.717, 1.165) is 31.2 Å². The molecular formula is C16H20N2O3. The summed E-state index contributed by atoms with van der Waals surface area (Å²) in [4.78, 5) is 25.8. The molecule has 3 rings (SSSR count). The number of hydrogen-bond donors (Lipinski definition) is 1. The number of carbonyl (C=O) groups is 2. The average Bonchev–Trinajstić information content (AvgIpc) is 3.18. The Hall–Kier alpha value is -2.04. The second-order valence-corrected chi connectivity index (χ2v) is 5.67. The molecule has 112 valence electrons. The summed E-state index contributed by atoms with van der Waals surface area (Å²) in [5, 5.41) is 2.97. The highest BCUT2D eigenvalue weighted by molar-refractivity contribution is 5.86. The predicted octanol–water partition coefficient (Wildman–Crippen LogP) is 2.07. The zero-order chi connectivity index (χ0) is 14.7. The lowest BCUT2D eigenvalue weighted by Gasteiger charge is -2.23. The van der Waals surface area contributed by atoms with Crippen molar-refractivity contribution in [1.82, 2.24) is 10.2 Å². The van der Waals surface area contributed by atoms with Crippen molar-refractivity contribution < 1.29 is 14.3 Å². The molecule has 1 saturated heterocycles. The number of nitrogens with one attached hydrogen (secondary N) is 1. The predicted molar refractivity (Wildman–Crippen MR) is 77.5 cm³/mol. The fourth-order valence-corrected chi connectivity index (χ4v) is 2.59. The van der Waals surface area contributed by atoms with Crippen LogP contribution in [-0.2, 0) is 16.1 Å². The van der Waals surface area contributed by atoms with Crippen LogP contribution in [0.5, 0.6) is 0 Å². The van der Waals surface area contributed by atoms with Gasteiger partial charge in [-0.3, -0.25) is 9.69 Å². The van der Waals surface area contributed by atoms with Crippen molar-refractivity contribution in [1.29, 1.82) is 0 Å². The summed E-state index contributed by atoms with van der Waals surface area (Å²) in [7, 11) is 0. The molecule has 0 spiro atoms. The number of benzene rings is 1. The number of carbonyl (C=O) groups excluding carboxylic acids is 2. The summed E-state index contributed by atoms with van der Waals surface area (Å²) < 4.78 is 5.32. The molecule has 2 amide bonds. The first-order chi connectivity index (χ1) is 10.2. The maximum absolute atomic E-state index is 12.2. The molecule has 0 aromatic heterocycles. The van der Waals surface area contributed by atoms with Gasteiger partial charge < -0.3 is 10.1 Å². The Morgan fingerprint density at radius 3 is 2.67 bits per heavy atom. The van der Waals surface area contributed by atoms with Crippen LogP contribution >= 0.6 is 0 Å². The van der Waals surface area contributed by atoms with Crippen LogP contribution in [0.3, 0.4) is 0 Å². The molecule has 1 unspecified atom stereocenters. The topological polar surface area (TPSA) is 58.6 Å². The molecule has 5 nitrogen and oxygen atoms in total. The van der Waals surface area contributed by atoms with Crippen LogP contribution in [0.4, 0.5) is 4.79 Å². The van der Waals surface area contributed by atoms with Crippen LogP contribution in [0.2, 0.25) is 0 Å². The molecule has 1 saturated carbocycles. The molecule has 2 fully saturated rings. The standard InChI is InChI=1S/C16H20N2O3/c19-15(17-13-8-9-13)14-7-4-10-18(14)16(20)21-11-12-5-2-1-3-6-12/h1-3,5-6,13-14H,4,7-11H2,(H,17,19). The Labute approximate surface area is 124 Å². The van der Waals surface area contributed by atoms with Crippen molar-refractivity contribution in [2.45, 2.75) is 44.4 Å². The Morgan fingerprint density at radius 1 is 1.19 bits per heavy atom. The Bertz CT molecular complexity index is 514. The van der Waals surface area contributed by atoms with Gasteiger partial charge in [-0.25, -0.2) is 4.79 Å². The molecular weight excluding hydrogens is 268 g/mol. The summed E-state index contributed by atoms with van der Waals surface area (Å²) >= 11 is 0. The summed E-state index contributed by atoms with van der Waals surface area (Å²) in [6.45, 7) is 0.837. The molecule has 21 heavy (non-hydrogen) atoms. The van der Waals surface area contributed by atoms with E-state index in [1.54, 1.807) is 4.90 Å². The third-order valence-corrected chi connectivity index (χ3v) is 3.92. The van der Waals surface area contributed by atoms with E-state index in [0.29, 0.717) is 12.6 Å². The minimum absolute atomic E-state index is 0.0355. The normalized spacial score (nSPS) is 21.1. The molecule has 2 aliphatic rings. The number of ether oxygens (including phenoxy) is 1. The summed E-state index contributed by atoms with van der Waals surface area (Å²) in [6, 6.07) is 9.51. The highest BCUT2D eigenvalue weighted by Crippen LogP contribution is 2.23. The Kier molecular flexibility index (Phi) is 4.08. The molecule has 1 aromatic rings. The Morgan fingerprint density at radius 2 is 1.95 bits per heavy atom. The molecule has 1 N–H and O–H groups in total. The number of likely N-dealkylation sites (tertiary alicyclic amines) is 1. The van der Waals surface area contributed by atoms with Crippen molar-refractivity contribution in [3.63, 3.8) is 0 Å². The fourth-order valence-electron chi connectivity index (χ4n) is 2.59. The van der Waals surface area contributed by atoms with Crippen molar-refractivity contribution >= 4 is 12.0 Å². The zero-order valence-electron chi connectivity index (χ0n) is 12.0. The van der Waals surface area contributed by atoms with Crippen molar-refractivity contribution in [3.05, 3.63) is 35.9 Å². The molecule has 1 heterocycles. The summed E-state index contributed by atoms with van der Waals surface area (Å²) in [5.74, 6) is -0.0355. The van der Waals surface area contributed by atoms with Gasteiger partial charge in [0, 0.05) is 12.6 Å². The maximum Gasteiger partial charge on any atom is 0.410 e. The van der Waals surface area contributed by atoms with Gasteiger partial charge in [-0.2, -0.15) is 0 Å². The van der Waals surface area contributed by atoms with Gasteiger partial charge in [0.15, 0.2) is 0 Å². The van der Waals surface area contributed by atoms with E-state index in [1.165, 1.54) is 0 Å². The first-order valence-corrected chi connectivity index (χ1v) is 7.52. The van der Waals surface area contributed by atoms with Gasteiger partial charge in [0.05, 0.1) is 0 Å². The molecule has 1 aliphatic heterocycles. The molecule has 5 heteroatoms. The number of nitrogens with zero attached hydrogens (tertiary/aromatic N) is 1. The highest BCUT2D eigenvalue weighted by Gasteiger charge is 2.37. The van der Waals surface area contributed by atoms with Crippen molar-refractivity contribution in [3.8, 4) is 0 Å². The minimum atomic E-state index is -0.396. The van der Waals surface area contributed by atoms with E-state index in [1.807, 2.05) is 30.3 Å². The van der Waals surface area contributed by atoms with Gasteiger partial charge in [-0.1, -0.05) is 30.3 Å². The second-order valence-electron chi connectivity index (χ2n) is 5.67.